The molecule has 0 fully saturated rings. The molecule has 1 aromatic rings. The van der Waals surface area contributed by atoms with Crippen molar-refractivity contribution in [3.8, 4) is 0 Å². The predicted molar refractivity (Wildman–Crippen MR) is 68.3 cm³/mol. The van der Waals surface area contributed by atoms with Gasteiger partial charge in [0.2, 0.25) is 5.91 Å². The molecule has 0 spiro atoms. The third kappa shape index (κ3) is 2.99. The van der Waals surface area contributed by atoms with Gasteiger partial charge in [0.1, 0.15) is 5.69 Å². The average Bonchev–Trinajstić information content (AvgIpc) is 2.34. The Morgan fingerprint density at radius 2 is 2.06 bits per heavy atom. The van der Waals surface area contributed by atoms with Crippen LogP contribution in [0.3, 0.4) is 0 Å². The highest BCUT2D eigenvalue weighted by Gasteiger charge is 2.09. The number of nitrogens with one attached hydrogen (secondary N) is 1. The number of aryl methyl sites for hydroxylation is 1. The van der Waals surface area contributed by atoms with Gasteiger partial charge in [-0.15, -0.1) is 0 Å². The van der Waals surface area contributed by atoms with Crippen LogP contribution in [0.4, 0.5) is 5.69 Å². The van der Waals surface area contributed by atoms with E-state index in [2.05, 4.69) is 5.32 Å². The van der Waals surface area contributed by atoms with Gasteiger partial charge in [0.05, 0.1) is 0 Å². The van der Waals surface area contributed by atoms with Crippen LogP contribution in [0.15, 0.2) is 15.8 Å². The lowest BCUT2D eigenvalue weighted by Crippen LogP contribution is -2.41. The maximum Gasteiger partial charge on any atom is 0.331 e. The molecule has 0 aliphatic rings. The molecule has 0 saturated carbocycles. The minimum atomic E-state index is -0.547. The summed E-state index contributed by atoms with van der Waals surface area (Å²) in [6.45, 7) is 4.55. The maximum atomic E-state index is 11.9. The summed E-state index contributed by atoms with van der Waals surface area (Å²) in [6.07, 6.45) is 1.41. The summed E-state index contributed by atoms with van der Waals surface area (Å²) < 4.78 is 2.34. The van der Waals surface area contributed by atoms with Crippen LogP contribution in [0.25, 0.3) is 0 Å². The highest BCUT2D eigenvalue weighted by atomic mass is 16.2. The first-order valence-electron chi connectivity index (χ1n) is 5.87. The van der Waals surface area contributed by atoms with E-state index in [1.54, 1.807) is 13.8 Å². The molecule has 3 N–H and O–H groups in total. The number of carbonyl (C=O) groups is 1. The summed E-state index contributed by atoms with van der Waals surface area (Å²) in [5.41, 5.74) is 4.55. The summed E-state index contributed by atoms with van der Waals surface area (Å²) in [4.78, 5) is 34.9. The standard InChI is InChI=1S/C11H18N4O3/c1-3-13-9(16)5-6-15-10(17)8(12)7-14(4-2)11(15)18/h7H,3-6,12H2,1-2H3,(H,13,16). The van der Waals surface area contributed by atoms with Gasteiger partial charge in [-0.3, -0.25) is 18.7 Å². The molecule has 1 heterocycles. The van der Waals surface area contributed by atoms with Crippen molar-refractivity contribution in [2.24, 2.45) is 0 Å². The number of rotatable bonds is 5. The number of nitrogens with two attached hydrogens (primary N) is 1. The first-order chi connectivity index (χ1) is 8.51. The molecule has 0 saturated heterocycles. The molecule has 1 aromatic heterocycles. The van der Waals surface area contributed by atoms with E-state index in [1.807, 2.05) is 0 Å². The lowest BCUT2D eigenvalue weighted by molar-refractivity contribution is -0.121. The molecule has 0 unspecified atom stereocenters. The van der Waals surface area contributed by atoms with Crippen molar-refractivity contribution in [3.05, 3.63) is 27.0 Å². The molecule has 100 valence electrons. The highest BCUT2D eigenvalue weighted by Crippen LogP contribution is 1.91. The Hall–Kier alpha value is -2.05. The SMILES string of the molecule is CCNC(=O)CCn1c(=O)c(N)cn(CC)c1=O. The number of amides is 1. The monoisotopic (exact) mass is 254 g/mol. The topological polar surface area (TPSA) is 99.1 Å². The second kappa shape index (κ2) is 6.04. The molecule has 0 aliphatic heterocycles. The number of anilines is 1. The third-order valence-corrected chi connectivity index (χ3v) is 2.54. The Kier molecular flexibility index (Phi) is 4.70. The van der Waals surface area contributed by atoms with Gasteiger partial charge in [-0.25, -0.2) is 4.79 Å². The van der Waals surface area contributed by atoms with Crippen molar-refractivity contribution in [2.75, 3.05) is 12.3 Å². The lowest BCUT2D eigenvalue weighted by Gasteiger charge is -2.09. The van der Waals surface area contributed by atoms with Crippen molar-refractivity contribution in [1.29, 1.82) is 0 Å². The first kappa shape index (κ1) is 14.0. The Morgan fingerprint density at radius 1 is 1.39 bits per heavy atom. The van der Waals surface area contributed by atoms with Crippen LogP contribution in [0, 0.1) is 0 Å². The highest BCUT2D eigenvalue weighted by molar-refractivity contribution is 5.75. The molecular weight excluding hydrogens is 236 g/mol. The molecular formula is C11H18N4O3. The largest absolute Gasteiger partial charge is 0.393 e. The fourth-order valence-corrected chi connectivity index (χ4v) is 1.60. The molecule has 1 amide bonds. The van der Waals surface area contributed by atoms with Crippen LogP contribution in [-0.2, 0) is 17.9 Å². The molecule has 0 radical (unpaired) electrons. The Balaban J connectivity index is 3.02. The van der Waals surface area contributed by atoms with Gasteiger partial charge in [0, 0.05) is 32.3 Å². The second-order valence-corrected chi connectivity index (χ2v) is 3.81. The quantitative estimate of drug-likeness (QED) is 0.714. The number of hydrogen-bond donors (Lipinski definition) is 2. The van der Waals surface area contributed by atoms with E-state index in [0.717, 1.165) is 4.57 Å². The molecule has 0 aliphatic carbocycles. The first-order valence-corrected chi connectivity index (χ1v) is 5.87. The van der Waals surface area contributed by atoms with Crippen molar-refractivity contribution >= 4 is 11.6 Å². The van der Waals surface area contributed by atoms with Gasteiger partial charge < -0.3 is 11.1 Å². The van der Waals surface area contributed by atoms with Crippen LogP contribution >= 0.6 is 0 Å². The second-order valence-electron chi connectivity index (χ2n) is 3.81. The smallest absolute Gasteiger partial charge is 0.331 e. The van der Waals surface area contributed by atoms with Crippen LogP contribution in [0.5, 0.6) is 0 Å². The van der Waals surface area contributed by atoms with Gasteiger partial charge in [0.25, 0.3) is 5.56 Å². The molecule has 0 atom stereocenters. The number of aromatic nitrogens is 2. The average molecular weight is 254 g/mol. The van der Waals surface area contributed by atoms with Gasteiger partial charge in [-0.05, 0) is 13.8 Å². The van der Waals surface area contributed by atoms with E-state index < -0.39 is 11.2 Å². The summed E-state index contributed by atoms with van der Waals surface area (Å²) in [5, 5.41) is 2.60. The third-order valence-electron chi connectivity index (χ3n) is 2.54. The normalized spacial score (nSPS) is 10.3. The molecule has 7 nitrogen and oxygen atoms in total. The zero-order valence-electron chi connectivity index (χ0n) is 10.6. The Morgan fingerprint density at radius 3 is 2.61 bits per heavy atom. The van der Waals surface area contributed by atoms with E-state index in [9.17, 15) is 14.4 Å². The molecule has 7 heteroatoms. The number of nitrogens with zero attached hydrogens (tertiary/aromatic N) is 2. The van der Waals surface area contributed by atoms with E-state index in [-0.39, 0.29) is 24.6 Å². The van der Waals surface area contributed by atoms with E-state index in [4.69, 9.17) is 5.73 Å². The minimum Gasteiger partial charge on any atom is -0.393 e. The lowest BCUT2D eigenvalue weighted by atomic mass is 10.3. The zero-order chi connectivity index (χ0) is 13.7. The van der Waals surface area contributed by atoms with E-state index in [1.165, 1.54) is 10.8 Å². The molecule has 0 aromatic carbocycles. The number of nitrogen functional groups attached to an aromatic ring is 1. The zero-order valence-corrected chi connectivity index (χ0v) is 10.6. The predicted octanol–water partition coefficient (Wildman–Crippen LogP) is -0.862. The summed E-state index contributed by atoms with van der Waals surface area (Å²) in [7, 11) is 0. The summed E-state index contributed by atoms with van der Waals surface area (Å²) >= 11 is 0. The molecule has 1 rings (SSSR count). The van der Waals surface area contributed by atoms with Crippen LogP contribution in [0.1, 0.15) is 20.3 Å². The minimum absolute atomic E-state index is 0.00681. The van der Waals surface area contributed by atoms with Gasteiger partial charge in [-0.2, -0.15) is 0 Å². The number of carbonyl (C=O) groups excluding carboxylic acids is 1. The van der Waals surface area contributed by atoms with E-state index >= 15 is 0 Å². The van der Waals surface area contributed by atoms with Crippen molar-refractivity contribution in [1.82, 2.24) is 14.5 Å². The summed E-state index contributed by atoms with van der Waals surface area (Å²) in [5.74, 6) is -0.200. The fourth-order valence-electron chi connectivity index (χ4n) is 1.60. The van der Waals surface area contributed by atoms with Gasteiger partial charge >= 0.3 is 5.69 Å². The fraction of sp³-hybridized carbons (Fsp3) is 0.545. The number of hydrogen-bond acceptors (Lipinski definition) is 4. The Bertz CT molecular complexity index is 544. The van der Waals surface area contributed by atoms with Gasteiger partial charge in [-0.1, -0.05) is 0 Å². The maximum absolute atomic E-state index is 11.9. The molecule has 18 heavy (non-hydrogen) atoms. The van der Waals surface area contributed by atoms with Crippen molar-refractivity contribution in [2.45, 2.75) is 33.4 Å². The van der Waals surface area contributed by atoms with Crippen molar-refractivity contribution < 1.29 is 4.79 Å². The van der Waals surface area contributed by atoms with Crippen LogP contribution < -0.4 is 22.3 Å². The Labute approximate surface area is 104 Å². The molecule has 0 bridgehead atoms. The van der Waals surface area contributed by atoms with E-state index in [0.29, 0.717) is 13.1 Å². The van der Waals surface area contributed by atoms with Gasteiger partial charge in [0.15, 0.2) is 0 Å². The van der Waals surface area contributed by atoms with Crippen molar-refractivity contribution in [3.63, 3.8) is 0 Å². The van der Waals surface area contributed by atoms with Crippen LogP contribution in [-0.4, -0.2) is 21.6 Å². The summed E-state index contributed by atoms with van der Waals surface area (Å²) in [6, 6.07) is 0. The van der Waals surface area contributed by atoms with Crippen LogP contribution in [0.2, 0.25) is 0 Å².